The van der Waals surface area contributed by atoms with Crippen LogP contribution in [-0.4, -0.2) is 83.5 Å². The van der Waals surface area contributed by atoms with Gasteiger partial charge in [-0.15, -0.1) is 0 Å². The minimum absolute atomic E-state index is 0.106. The van der Waals surface area contributed by atoms with Crippen LogP contribution in [-0.2, 0) is 9.53 Å². The van der Waals surface area contributed by atoms with Gasteiger partial charge in [-0.25, -0.2) is 9.59 Å². The van der Waals surface area contributed by atoms with Gasteiger partial charge in [0, 0.05) is 32.7 Å². The number of piperazine rings is 1. The van der Waals surface area contributed by atoms with Gasteiger partial charge in [-0.3, -0.25) is 4.79 Å². The summed E-state index contributed by atoms with van der Waals surface area (Å²) in [6.07, 6.45) is -2.14. The van der Waals surface area contributed by atoms with Crippen molar-refractivity contribution in [3.8, 4) is 0 Å². The van der Waals surface area contributed by atoms with Crippen LogP contribution in [0.1, 0.15) is 20.8 Å². The molecule has 0 spiro atoms. The minimum atomic E-state index is -1.08. The maximum Gasteiger partial charge on any atom is 0.407 e. The molecule has 0 aromatic heterocycles. The van der Waals surface area contributed by atoms with E-state index in [9.17, 15) is 19.5 Å². The lowest BCUT2D eigenvalue weighted by atomic mass is 9.93. The molecule has 1 atom stereocenters. The molecule has 0 radical (unpaired) electrons. The van der Waals surface area contributed by atoms with Crippen LogP contribution in [0.4, 0.5) is 9.59 Å². The fourth-order valence-corrected chi connectivity index (χ4v) is 2.41. The highest BCUT2D eigenvalue weighted by molar-refractivity contribution is 5.76. The van der Waals surface area contributed by atoms with Crippen LogP contribution < -0.4 is 5.32 Å². The van der Waals surface area contributed by atoms with Gasteiger partial charge in [0.2, 0.25) is 0 Å². The lowest BCUT2D eigenvalue weighted by Gasteiger charge is -2.39. The van der Waals surface area contributed by atoms with E-state index in [2.05, 4.69) is 5.32 Å². The second kappa shape index (κ2) is 8.00. The summed E-state index contributed by atoms with van der Waals surface area (Å²) in [4.78, 5) is 36.5. The van der Waals surface area contributed by atoms with Crippen LogP contribution in [0.2, 0.25) is 0 Å². The van der Waals surface area contributed by atoms with Gasteiger partial charge in [0.25, 0.3) is 0 Å². The molecule has 1 heterocycles. The third-order valence-corrected chi connectivity index (χ3v) is 3.77. The molecule has 132 valence electrons. The molecule has 0 unspecified atom stereocenters. The molecule has 1 rings (SSSR count). The van der Waals surface area contributed by atoms with E-state index in [0.29, 0.717) is 13.2 Å². The Hall–Kier alpha value is -2.03. The number of amides is 2. The summed E-state index contributed by atoms with van der Waals surface area (Å²) in [5.41, 5.74) is -0.745. The number of nitrogens with zero attached hydrogens (tertiary/aromatic N) is 2. The van der Waals surface area contributed by atoms with Crippen LogP contribution in [0, 0.1) is 5.41 Å². The summed E-state index contributed by atoms with van der Waals surface area (Å²) in [6.45, 7) is 6.46. The monoisotopic (exact) mass is 331 g/mol. The quantitative estimate of drug-likeness (QED) is 0.607. The number of hydrogen-bond acceptors (Lipinski definition) is 5. The van der Waals surface area contributed by atoms with Crippen molar-refractivity contribution in [2.45, 2.75) is 26.8 Å². The van der Waals surface area contributed by atoms with Crippen LogP contribution >= 0.6 is 0 Å². The van der Waals surface area contributed by atoms with E-state index in [-0.39, 0.29) is 32.1 Å². The van der Waals surface area contributed by atoms with Gasteiger partial charge in [0.15, 0.2) is 0 Å². The molecule has 2 amide bonds. The first-order valence-electron chi connectivity index (χ1n) is 7.54. The number of hydrogen-bond donors (Lipinski definition) is 3. The zero-order chi connectivity index (χ0) is 17.6. The molecule has 0 aliphatic carbocycles. The largest absolute Gasteiger partial charge is 0.466 e. The van der Waals surface area contributed by atoms with E-state index >= 15 is 0 Å². The predicted molar refractivity (Wildman–Crippen MR) is 81.4 cm³/mol. The highest BCUT2D eigenvalue weighted by atomic mass is 16.5. The van der Waals surface area contributed by atoms with Gasteiger partial charge >= 0.3 is 18.2 Å². The third-order valence-electron chi connectivity index (χ3n) is 3.77. The van der Waals surface area contributed by atoms with Crippen LogP contribution in [0.3, 0.4) is 0 Å². The maximum atomic E-state index is 11.8. The highest BCUT2D eigenvalue weighted by Crippen LogP contribution is 2.16. The van der Waals surface area contributed by atoms with Crippen molar-refractivity contribution in [2.75, 3.05) is 39.3 Å². The van der Waals surface area contributed by atoms with Gasteiger partial charge < -0.3 is 30.1 Å². The molecule has 0 aromatic carbocycles. The Balaban J connectivity index is 2.59. The number of carbonyl (C=O) groups is 3. The molecule has 3 N–H and O–H groups in total. The number of esters is 1. The van der Waals surface area contributed by atoms with Gasteiger partial charge in [-0.1, -0.05) is 0 Å². The summed E-state index contributed by atoms with van der Waals surface area (Å²) in [7, 11) is 0. The first kappa shape index (κ1) is 19.0. The standard InChI is InChI=1S/C14H25N3O6/c1-4-23-11(18)14(2,3)9-15-7-10-8-16(12(19)20)5-6-17(10)13(21)22/h10,15H,4-9H2,1-3H3,(H,19,20)(H,21,22)/t10-/m1/s1. The van der Waals surface area contributed by atoms with E-state index in [1.807, 2.05) is 0 Å². The van der Waals surface area contributed by atoms with E-state index in [4.69, 9.17) is 9.84 Å². The van der Waals surface area contributed by atoms with Crippen molar-refractivity contribution in [2.24, 2.45) is 5.41 Å². The number of nitrogens with one attached hydrogen (secondary N) is 1. The summed E-state index contributed by atoms with van der Waals surface area (Å²) < 4.78 is 4.99. The lowest BCUT2D eigenvalue weighted by Crippen LogP contribution is -2.59. The first-order chi connectivity index (χ1) is 10.7. The fraction of sp³-hybridized carbons (Fsp3) is 0.786. The fourth-order valence-electron chi connectivity index (χ4n) is 2.41. The Morgan fingerprint density at radius 1 is 1.22 bits per heavy atom. The molecular formula is C14H25N3O6. The number of carbonyl (C=O) groups excluding carboxylic acids is 1. The average molecular weight is 331 g/mol. The SMILES string of the molecule is CCOC(=O)C(C)(C)CNC[C@@H]1CN(C(=O)O)CCN1C(=O)O. The van der Waals surface area contributed by atoms with E-state index in [0.717, 1.165) is 0 Å². The van der Waals surface area contributed by atoms with E-state index < -0.39 is 23.6 Å². The molecule has 0 bridgehead atoms. The van der Waals surface area contributed by atoms with Gasteiger partial charge in [0.05, 0.1) is 18.1 Å². The Labute approximate surface area is 135 Å². The lowest BCUT2D eigenvalue weighted by molar-refractivity contribution is -0.153. The Morgan fingerprint density at radius 3 is 2.39 bits per heavy atom. The Morgan fingerprint density at radius 2 is 1.87 bits per heavy atom. The normalized spacial score (nSPS) is 18.7. The summed E-state index contributed by atoms with van der Waals surface area (Å²) in [5.74, 6) is -0.335. The van der Waals surface area contributed by atoms with Crippen molar-refractivity contribution in [3.05, 3.63) is 0 Å². The van der Waals surface area contributed by atoms with Crippen molar-refractivity contribution in [1.29, 1.82) is 0 Å². The molecule has 0 aromatic rings. The van der Waals surface area contributed by atoms with Crippen LogP contribution in [0.5, 0.6) is 0 Å². The van der Waals surface area contributed by atoms with Gasteiger partial charge in [0.1, 0.15) is 0 Å². The molecule has 23 heavy (non-hydrogen) atoms. The number of rotatable bonds is 6. The smallest absolute Gasteiger partial charge is 0.407 e. The third kappa shape index (κ3) is 5.27. The Kier molecular flexibility index (Phi) is 6.62. The molecule has 9 nitrogen and oxygen atoms in total. The summed E-state index contributed by atoms with van der Waals surface area (Å²) in [6, 6.07) is -0.490. The zero-order valence-electron chi connectivity index (χ0n) is 13.7. The average Bonchev–Trinajstić information content (AvgIpc) is 2.46. The number of carboxylic acid groups (broad SMARTS) is 2. The second-order valence-corrected chi connectivity index (χ2v) is 6.09. The van der Waals surface area contributed by atoms with Crippen LogP contribution in [0.15, 0.2) is 0 Å². The molecular weight excluding hydrogens is 306 g/mol. The molecule has 1 aliphatic rings. The minimum Gasteiger partial charge on any atom is -0.466 e. The van der Waals surface area contributed by atoms with Crippen molar-refractivity contribution < 1.29 is 29.3 Å². The summed E-state index contributed by atoms with van der Waals surface area (Å²) >= 11 is 0. The zero-order valence-corrected chi connectivity index (χ0v) is 13.7. The van der Waals surface area contributed by atoms with E-state index in [1.165, 1.54) is 9.80 Å². The van der Waals surface area contributed by atoms with Crippen LogP contribution in [0.25, 0.3) is 0 Å². The molecule has 0 saturated carbocycles. The Bertz CT molecular complexity index is 454. The van der Waals surface area contributed by atoms with Crippen molar-refractivity contribution in [3.63, 3.8) is 0 Å². The molecule has 1 aliphatic heterocycles. The summed E-state index contributed by atoms with van der Waals surface area (Å²) in [5, 5.41) is 21.3. The molecule has 9 heteroatoms. The van der Waals surface area contributed by atoms with E-state index in [1.54, 1.807) is 20.8 Å². The highest BCUT2D eigenvalue weighted by Gasteiger charge is 2.33. The van der Waals surface area contributed by atoms with Crippen molar-refractivity contribution in [1.82, 2.24) is 15.1 Å². The second-order valence-electron chi connectivity index (χ2n) is 6.09. The number of ether oxygens (including phenoxy) is 1. The van der Waals surface area contributed by atoms with Crippen molar-refractivity contribution >= 4 is 18.2 Å². The molecule has 1 fully saturated rings. The first-order valence-corrected chi connectivity index (χ1v) is 7.54. The molecule has 1 saturated heterocycles. The maximum absolute atomic E-state index is 11.8. The van der Waals surface area contributed by atoms with Gasteiger partial charge in [-0.2, -0.15) is 0 Å². The predicted octanol–water partition coefficient (Wildman–Crippen LogP) is 0.508. The van der Waals surface area contributed by atoms with Gasteiger partial charge in [-0.05, 0) is 20.8 Å². The topological polar surface area (TPSA) is 119 Å².